The van der Waals surface area contributed by atoms with Gasteiger partial charge in [-0.1, -0.05) is 0 Å². The molecule has 29 heavy (non-hydrogen) atoms. The van der Waals surface area contributed by atoms with Crippen molar-refractivity contribution in [2.45, 2.75) is 44.8 Å². The number of pyridine rings is 1. The molecule has 4 heterocycles. The van der Waals surface area contributed by atoms with Gasteiger partial charge < -0.3 is 9.80 Å². The molecule has 2 saturated heterocycles. The average molecular weight is 407 g/mol. The van der Waals surface area contributed by atoms with Crippen LogP contribution in [0.25, 0.3) is 5.82 Å². The van der Waals surface area contributed by atoms with Crippen molar-refractivity contribution in [3.8, 4) is 5.82 Å². The topological polar surface area (TPSA) is 54.3 Å². The highest BCUT2D eigenvalue weighted by Crippen LogP contribution is 2.29. The molecule has 6 nitrogen and oxygen atoms in total. The van der Waals surface area contributed by atoms with Gasteiger partial charge in [0.1, 0.15) is 0 Å². The van der Waals surface area contributed by atoms with E-state index in [1.807, 2.05) is 4.90 Å². The van der Waals surface area contributed by atoms with E-state index in [0.29, 0.717) is 30.4 Å². The van der Waals surface area contributed by atoms with Gasteiger partial charge >= 0.3 is 6.18 Å². The van der Waals surface area contributed by atoms with E-state index >= 15 is 0 Å². The van der Waals surface area contributed by atoms with Gasteiger partial charge in [0.15, 0.2) is 5.82 Å². The Bertz CT molecular complexity index is 863. The van der Waals surface area contributed by atoms with Crippen LogP contribution < -0.4 is 0 Å². The number of hydrogen-bond donors (Lipinski definition) is 0. The molecule has 0 unspecified atom stereocenters. The Morgan fingerprint density at radius 3 is 2.34 bits per heavy atom. The maximum Gasteiger partial charge on any atom is 0.417 e. The van der Waals surface area contributed by atoms with Crippen LogP contribution in [0.15, 0.2) is 24.5 Å². The maximum absolute atomic E-state index is 13.0. The number of alkyl halides is 3. The SMILES string of the molecule is Cc1c(C(=O)N2CCC(N3CCCC3)CC2)cnn1-c1ccc(C(F)(F)F)cn1. The summed E-state index contributed by atoms with van der Waals surface area (Å²) >= 11 is 0. The van der Waals surface area contributed by atoms with Crippen LogP contribution in [0.1, 0.15) is 47.3 Å². The number of likely N-dealkylation sites (tertiary alicyclic amines) is 2. The summed E-state index contributed by atoms with van der Waals surface area (Å²) in [5, 5.41) is 4.19. The van der Waals surface area contributed by atoms with Crippen LogP contribution in [0.4, 0.5) is 13.2 Å². The number of piperidine rings is 1. The lowest BCUT2D eigenvalue weighted by atomic mass is 10.0. The lowest BCUT2D eigenvalue weighted by Crippen LogP contribution is -2.46. The molecule has 2 aromatic heterocycles. The first-order chi connectivity index (χ1) is 13.8. The third-order valence-corrected chi connectivity index (χ3v) is 5.94. The molecule has 0 aromatic carbocycles. The van der Waals surface area contributed by atoms with Crippen molar-refractivity contribution in [1.29, 1.82) is 0 Å². The van der Waals surface area contributed by atoms with E-state index in [2.05, 4.69) is 15.0 Å². The molecule has 2 aliphatic rings. The minimum absolute atomic E-state index is 0.0828. The predicted molar refractivity (Wildman–Crippen MR) is 101 cm³/mol. The fourth-order valence-electron chi connectivity index (χ4n) is 4.24. The lowest BCUT2D eigenvalue weighted by Gasteiger charge is -2.36. The molecular formula is C20H24F3N5O. The first kappa shape index (κ1) is 19.9. The second-order valence-corrected chi connectivity index (χ2v) is 7.72. The highest BCUT2D eigenvalue weighted by atomic mass is 19.4. The van der Waals surface area contributed by atoms with Crippen molar-refractivity contribution in [2.75, 3.05) is 26.2 Å². The second-order valence-electron chi connectivity index (χ2n) is 7.72. The highest BCUT2D eigenvalue weighted by Gasteiger charge is 2.32. The third-order valence-electron chi connectivity index (χ3n) is 5.94. The molecule has 2 aromatic rings. The Labute approximate surface area is 167 Å². The quantitative estimate of drug-likeness (QED) is 0.784. The van der Waals surface area contributed by atoms with E-state index in [-0.39, 0.29) is 11.7 Å². The smallest absolute Gasteiger partial charge is 0.338 e. The van der Waals surface area contributed by atoms with E-state index in [4.69, 9.17) is 0 Å². The Morgan fingerprint density at radius 2 is 1.76 bits per heavy atom. The zero-order valence-electron chi connectivity index (χ0n) is 16.3. The zero-order valence-corrected chi connectivity index (χ0v) is 16.3. The van der Waals surface area contributed by atoms with Crippen molar-refractivity contribution in [3.05, 3.63) is 41.3 Å². The molecule has 2 fully saturated rings. The first-order valence-electron chi connectivity index (χ1n) is 9.96. The van der Waals surface area contributed by atoms with E-state index < -0.39 is 11.7 Å². The number of nitrogens with zero attached hydrogens (tertiary/aromatic N) is 5. The number of aromatic nitrogens is 3. The molecular weight excluding hydrogens is 383 g/mol. The fraction of sp³-hybridized carbons (Fsp3) is 0.550. The fourth-order valence-corrected chi connectivity index (χ4v) is 4.24. The van der Waals surface area contributed by atoms with Crippen LogP contribution >= 0.6 is 0 Å². The van der Waals surface area contributed by atoms with E-state index in [9.17, 15) is 18.0 Å². The Kier molecular flexibility index (Phi) is 5.33. The Morgan fingerprint density at radius 1 is 1.07 bits per heavy atom. The number of carbonyl (C=O) groups is 1. The van der Waals surface area contributed by atoms with E-state index in [1.165, 1.54) is 29.8 Å². The molecule has 0 N–H and O–H groups in total. The Hall–Kier alpha value is -2.42. The number of halogens is 3. The summed E-state index contributed by atoms with van der Waals surface area (Å²) in [6, 6.07) is 2.79. The van der Waals surface area contributed by atoms with Gasteiger partial charge in [-0.05, 0) is 57.8 Å². The molecule has 0 atom stereocenters. The van der Waals surface area contributed by atoms with Gasteiger partial charge in [0.05, 0.1) is 23.0 Å². The molecule has 1 amide bonds. The van der Waals surface area contributed by atoms with Gasteiger partial charge in [-0.3, -0.25) is 4.79 Å². The second kappa shape index (κ2) is 7.78. The van der Waals surface area contributed by atoms with Gasteiger partial charge in [-0.25, -0.2) is 9.67 Å². The van der Waals surface area contributed by atoms with Crippen molar-refractivity contribution >= 4 is 5.91 Å². The van der Waals surface area contributed by atoms with Crippen LogP contribution in [0.5, 0.6) is 0 Å². The predicted octanol–water partition coefficient (Wildman–Crippen LogP) is 3.29. The number of carbonyl (C=O) groups excluding carboxylic acids is 1. The average Bonchev–Trinajstić information content (AvgIpc) is 3.37. The summed E-state index contributed by atoms with van der Waals surface area (Å²) in [4.78, 5) is 21.2. The summed E-state index contributed by atoms with van der Waals surface area (Å²) in [5.74, 6) is 0.169. The van der Waals surface area contributed by atoms with Gasteiger partial charge in [0.25, 0.3) is 5.91 Å². The number of hydrogen-bond acceptors (Lipinski definition) is 4. The minimum atomic E-state index is -4.44. The van der Waals surface area contributed by atoms with E-state index in [0.717, 1.165) is 38.2 Å². The van der Waals surface area contributed by atoms with Gasteiger partial charge in [-0.15, -0.1) is 0 Å². The van der Waals surface area contributed by atoms with E-state index in [1.54, 1.807) is 6.92 Å². The molecule has 0 aliphatic carbocycles. The largest absolute Gasteiger partial charge is 0.417 e. The normalized spacial score (nSPS) is 19.1. The lowest BCUT2D eigenvalue weighted by molar-refractivity contribution is -0.137. The molecule has 0 spiro atoms. The number of amides is 1. The van der Waals surface area contributed by atoms with Crippen LogP contribution in [-0.4, -0.2) is 62.7 Å². The zero-order chi connectivity index (χ0) is 20.6. The standard InChI is InChI=1S/C20H24F3N5O/c1-14-17(13-25-28(14)18-5-4-15(12-24-18)20(21,22)23)19(29)27-10-6-16(7-11-27)26-8-2-3-9-26/h4-5,12-13,16H,2-3,6-11H2,1H3. The first-order valence-corrected chi connectivity index (χ1v) is 9.96. The molecule has 2 aliphatic heterocycles. The van der Waals surface area contributed by atoms with Crippen molar-refractivity contribution in [1.82, 2.24) is 24.6 Å². The van der Waals surface area contributed by atoms with Gasteiger partial charge in [0.2, 0.25) is 0 Å². The Balaban J connectivity index is 1.45. The monoisotopic (exact) mass is 407 g/mol. The van der Waals surface area contributed by atoms with Crippen molar-refractivity contribution in [3.63, 3.8) is 0 Å². The minimum Gasteiger partial charge on any atom is -0.338 e. The maximum atomic E-state index is 13.0. The van der Waals surface area contributed by atoms with Crippen LogP contribution in [0.2, 0.25) is 0 Å². The summed E-state index contributed by atoms with van der Waals surface area (Å²) in [6.07, 6.45) is 2.28. The van der Waals surface area contributed by atoms with Gasteiger partial charge in [-0.2, -0.15) is 18.3 Å². The van der Waals surface area contributed by atoms with Crippen LogP contribution in [-0.2, 0) is 6.18 Å². The molecule has 0 bridgehead atoms. The van der Waals surface area contributed by atoms with Crippen LogP contribution in [0.3, 0.4) is 0 Å². The highest BCUT2D eigenvalue weighted by molar-refractivity contribution is 5.95. The summed E-state index contributed by atoms with van der Waals surface area (Å²) in [7, 11) is 0. The molecule has 0 saturated carbocycles. The molecule has 156 valence electrons. The van der Waals surface area contributed by atoms with Crippen molar-refractivity contribution < 1.29 is 18.0 Å². The molecule has 0 radical (unpaired) electrons. The summed E-state index contributed by atoms with van der Waals surface area (Å²) in [6.45, 7) is 5.47. The summed E-state index contributed by atoms with van der Waals surface area (Å²) < 4.78 is 39.6. The van der Waals surface area contributed by atoms with Crippen molar-refractivity contribution in [2.24, 2.45) is 0 Å². The summed E-state index contributed by atoms with van der Waals surface area (Å²) in [5.41, 5.74) is 0.221. The third kappa shape index (κ3) is 4.01. The molecule has 9 heteroatoms. The number of rotatable bonds is 3. The van der Waals surface area contributed by atoms with Crippen LogP contribution in [0, 0.1) is 6.92 Å². The van der Waals surface area contributed by atoms with Gasteiger partial charge in [0, 0.05) is 25.3 Å². The molecule has 4 rings (SSSR count).